The van der Waals surface area contributed by atoms with Crippen LogP contribution in [0.3, 0.4) is 0 Å². The monoisotopic (exact) mass is 221 g/mol. The molecule has 1 aromatic heterocycles. The molecule has 1 N–H and O–H groups in total. The maximum absolute atomic E-state index is 11.2. The molecule has 16 heavy (non-hydrogen) atoms. The number of methoxy groups -OCH3 is 1. The second-order valence-electron chi connectivity index (χ2n) is 3.47. The Hall–Kier alpha value is -1.73. The maximum Gasteiger partial charge on any atom is 0.373 e. The van der Waals surface area contributed by atoms with Gasteiger partial charge in [0.15, 0.2) is 0 Å². The minimum Gasteiger partial charge on any atom is -0.463 e. The highest BCUT2D eigenvalue weighted by atomic mass is 16.5. The first-order valence-electron chi connectivity index (χ1n) is 4.98. The van der Waals surface area contributed by atoms with Gasteiger partial charge >= 0.3 is 5.97 Å². The third-order valence-electron chi connectivity index (χ3n) is 2.19. The summed E-state index contributed by atoms with van der Waals surface area (Å²) >= 11 is 0. The lowest BCUT2D eigenvalue weighted by molar-refractivity contribution is 0.0562. The molecule has 4 nitrogen and oxygen atoms in total. The largest absolute Gasteiger partial charge is 0.463 e. The fourth-order valence-electron chi connectivity index (χ4n) is 1.30. The van der Waals surface area contributed by atoms with E-state index in [1.807, 2.05) is 13.8 Å². The van der Waals surface area contributed by atoms with E-state index in [0.717, 1.165) is 0 Å². The molecule has 0 aliphatic carbocycles. The molecule has 1 aromatic rings. The normalized spacial score (nSPS) is 13.9. The van der Waals surface area contributed by atoms with E-state index in [1.165, 1.54) is 7.11 Å². The Morgan fingerprint density at radius 3 is 2.81 bits per heavy atom. The number of ether oxygens (including phenoxy) is 1. The fourth-order valence-corrected chi connectivity index (χ4v) is 1.30. The van der Waals surface area contributed by atoms with Crippen molar-refractivity contribution >= 4 is 5.97 Å². The predicted molar refractivity (Wildman–Crippen MR) is 59.9 cm³/mol. The standard InChI is InChI=1S/C12H15NO3/c1-5-8(2)13-9(3)10-6-7-11(16-10)12(14)15-4/h1,6-9,13H,2-4H3. The highest BCUT2D eigenvalue weighted by Gasteiger charge is 2.15. The molecule has 0 saturated heterocycles. The van der Waals surface area contributed by atoms with Crippen LogP contribution >= 0.6 is 0 Å². The average Bonchev–Trinajstić information content (AvgIpc) is 2.77. The summed E-state index contributed by atoms with van der Waals surface area (Å²) in [4.78, 5) is 11.2. The van der Waals surface area contributed by atoms with Gasteiger partial charge in [-0.1, -0.05) is 5.92 Å². The van der Waals surface area contributed by atoms with E-state index in [1.54, 1.807) is 12.1 Å². The van der Waals surface area contributed by atoms with Gasteiger partial charge in [0.25, 0.3) is 0 Å². The van der Waals surface area contributed by atoms with E-state index >= 15 is 0 Å². The van der Waals surface area contributed by atoms with Crippen molar-refractivity contribution in [2.24, 2.45) is 0 Å². The number of hydrogen-bond acceptors (Lipinski definition) is 4. The van der Waals surface area contributed by atoms with Crippen molar-refractivity contribution in [3.8, 4) is 12.3 Å². The van der Waals surface area contributed by atoms with E-state index < -0.39 is 5.97 Å². The third kappa shape index (κ3) is 2.88. The number of furan rings is 1. The van der Waals surface area contributed by atoms with Gasteiger partial charge in [-0.15, -0.1) is 6.42 Å². The van der Waals surface area contributed by atoms with Gasteiger partial charge < -0.3 is 9.15 Å². The summed E-state index contributed by atoms with van der Waals surface area (Å²) in [5, 5.41) is 3.13. The summed E-state index contributed by atoms with van der Waals surface area (Å²) in [5.74, 6) is 2.93. The lowest BCUT2D eigenvalue weighted by atomic mass is 10.2. The summed E-state index contributed by atoms with van der Waals surface area (Å²) in [7, 11) is 1.31. The summed E-state index contributed by atoms with van der Waals surface area (Å²) < 4.78 is 9.88. The number of carbonyl (C=O) groups is 1. The molecule has 0 bridgehead atoms. The van der Waals surface area contributed by atoms with Gasteiger partial charge in [-0.3, -0.25) is 5.32 Å². The van der Waals surface area contributed by atoms with Gasteiger partial charge in [0, 0.05) is 0 Å². The zero-order valence-electron chi connectivity index (χ0n) is 9.61. The van der Waals surface area contributed by atoms with Crippen molar-refractivity contribution in [2.45, 2.75) is 25.9 Å². The highest BCUT2D eigenvalue weighted by molar-refractivity contribution is 5.86. The second-order valence-corrected chi connectivity index (χ2v) is 3.47. The predicted octanol–water partition coefficient (Wildman–Crippen LogP) is 1.74. The number of rotatable bonds is 4. The molecule has 2 atom stereocenters. The molecule has 0 aliphatic heterocycles. The van der Waals surface area contributed by atoms with Crippen LogP contribution < -0.4 is 5.32 Å². The molecule has 4 heteroatoms. The number of esters is 1. The van der Waals surface area contributed by atoms with Crippen molar-refractivity contribution < 1.29 is 13.9 Å². The van der Waals surface area contributed by atoms with Crippen LogP contribution in [0, 0.1) is 12.3 Å². The summed E-state index contributed by atoms with van der Waals surface area (Å²) in [6.07, 6.45) is 5.26. The number of carbonyl (C=O) groups excluding carboxylic acids is 1. The Balaban J connectivity index is 2.71. The van der Waals surface area contributed by atoms with Crippen molar-refractivity contribution in [3.63, 3.8) is 0 Å². The Morgan fingerprint density at radius 2 is 2.25 bits per heavy atom. The van der Waals surface area contributed by atoms with Gasteiger partial charge in [-0.05, 0) is 26.0 Å². The first kappa shape index (κ1) is 12.3. The molecule has 0 amide bonds. The lowest BCUT2D eigenvalue weighted by Gasteiger charge is -2.13. The SMILES string of the molecule is C#CC(C)NC(C)c1ccc(C(=O)OC)o1. The van der Waals surface area contributed by atoms with Crippen molar-refractivity contribution in [3.05, 3.63) is 23.7 Å². The molecule has 0 aliphatic rings. The van der Waals surface area contributed by atoms with Crippen LogP contribution in [0.4, 0.5) is 0 Å². The molecule has 2 unspecified atom stereocenters. The van der Waals surface area contributed by atoms with Crippen molar-refractivity contribution in [1.82, 2.24) is 5.32 Å². The smallest absolute Gasteiger partial charge is 0.373 e. The number of terminal acetylenes is 1. The molecule has 0 fully saturated rings. The van der Waals surface area contributed by atoms with E-state index in [-0.39, 0.29) is 17.8 Å². The molecular formula is C12H15NO3. The zero-order valence-corrected chi connectivity index (χ0v) is 9.61. The third-order valence-corrected chi connectivity index (χ3v) is 2.19. The van der Waals surface area contributed by atoms with Gasteiger partial charge in [0.05, 0.1) is 19.2 Å². The van der Waals surface area contributed by atoms with Crippen LogP contribution in [-0.4, -0.2) is 19.1 Å². The maximum atomic E-state index is 11.2. The van der Waals surface area contributed by atoms with Crippen LogP contribution in [-0.2, 0) is 4.74 Å². The van der Waals surface area contributed by atoms with Crippen molar-refractivity contribution in [2.75, 3.05) is 7.11 Å². The van der Waals surface area contributed by atoms with Crippen molar-refractivity contribution in [1.29, 1.82) is 0 Å². The van der Waals surface area contributed by atoms with Gasteiger partial charge in [0.1, 0.15) is 5.76 Å². The van der Waals surface area contributed by atoms with Gasteiger partial charge in [0.2, 0.25) is 5.76 Å². The summed E-state index contributed by atoms with van der Waals surface area (Å²) in [6.45, 7) is 3.79. The first-order chi connectivity index (χ1) is 7.58. The Morgan fingerprint density at radius 1 is 1.56 bits per heavy atom. The van der Waals surface area contributed by atoms with Crippen LogP contribution in [0.5, 0.6) is 0 Å². The van der Waals surface area contributed by atoms with Crippen LogP contribution in [0.1, 0.15) is 36.2 Å². The molecule has 0 aromatic carbocycles. The van der Waals surface area contributed by atoms with Crippen LogP contribution in [0.25, 0.3) is 0 Å². The number of hydrogen-bond donors (Lipinski definition) is 1. The topological polar surface area (TPSA) is 51.5 Å². The minimum atomic E-state index is -0.483. The van der Waals surface area contributed by atoms with Gasteiger partial charge in [-0.25, -0.2) is 4.79 Å². The Kier molecular flexibility index (Phi) is 4.15. The molecule has 1 heterocycles. The van der Waals surface area contributed by atoms with E-state index in [9.17, 15) is 4.79 Å². The molecule has 1 rings (SSSR count). The summed E-state index contributed by atoms with van der Waals surface area (Å²) in [6, 6.07) is 3.21. The van der Waals surface area contributed by atoms with Crippen LogP contribution in [0.2, 0.25) is 0 Å². The molecule has 86 valence electrons. The lowest BCUT2D eigenvalue weighted by Crippen LogP contribution is -2.27. The zero-order chi connectivity index (χ0) is 12.1. The van der Waals surface area contributed by atoms with E-state index in [0.29, 0.717) is 5.76 Å². The average molecular weight is 221 g/mol. The molecular weight excluding hydrogens is 206 g/mol. The second kappa shape index (κ2) is 5.38. The minimum absolute atomic E-state index is 0.0514. The fraction of sp³-hybridized carbons (Fsp3) is 0.417. The molecule has 0 radical (unpaired) electrons. The molecule has 0 spiro atoms. The quantitative estimate of drug-likeness (QED) is 0.621. The van der Waals surface area contributed by atoms with E-state index in [4.69, 9.17) is 10.8 Å². The molecule has 0 saturated carbocycles. The van der Waals surface area contributed by atoms with E-state index in [2.05, 4.69) is 16.0 Å². The first-order valence-corrected chi connectivity index (χ1v) is 4.98. The summed E-state index contributed by atoms with van der Waals surface area (Å²) in [5.41, 5.74) is 0. The Labute approximate surface area is 95.0 Å². The highest BCUT2D eigenvalue weighted by Crippen LogP contribution is 2.17. The number of nitrogens with one attached hydrogen (secondary N) is 1. The van der Waals surface area contributed by atoms with Gasteiger partial charge in [-0.2, -0.15) is 0 Å². The Bertz CT molecular complexity index is 403. The van der Waals surface area contributed by atoms with Crippen LogP contribution in [0.15, 0.2) is 16.5 Å².